The predicted octanol–water partition coefficient (Wildman–Crippen LogP) is 2.83. The summed E-state index contributed by atoms with van der Waals surface area (Å²) in [6.07, 6.45) is 1.48. The van der Waals surface area contributed by atoms with E-state index in [-0.39, 0.29) is 5.91 Å². The number of rotatable bonds is 5. The molecule has 3 rings (SSSR count). The molecule has 2 heterocycles. The van der Waals surface area contributed by atoms with Crippen molar-refractivity contribution in [1.29, 1.82) is 0 Å². The number of tetrazole rings is 1. The maximum absolute atomic E-state index is 12.3. The Morgan fingerprint density at radius 2 is 2.04 bits per heavy atom. The summed E-state index contributed by atoms with van der Waals surface area (Å²) >= 11 is 7.04. The Morgan fingerprint density at radius 3 is 2.75 bits per heavy atom. The van der Waals surface area contributed by atoms with Gasteiger partial charge in [-0.1, -0.05) is 41.6 Å². The van der Waals surface area contributed by atoms with E-state index < -0.39 is 5.25 Å². The quantitative estimate of drug-likeness (QED) is 0.704. The molecule has 9 heteroatoms. The average Bonchev–Trinajstić information content (AvgIpc) is 3.05. The second kappa shape index (κ2) is 7.41. The zero-order valence-electron chi connectivity index (χ0n) is 12.6. The number of benzene rings is 1. The summed E-state index contributed by atoms with van der Waals surface area (Å²) in [7, 11) is 0. The molecule has 0 aliphatic heterocycles. The second-order valence-electron chi connectivity index (χ2n) is 4.82. The van der Waals surface area contributed by atoms with Crippen molar-refractivity contribution >= 4 is 35.1 Å². The Morgan fingerprint density at radius 1 is 1.25 bits per heavy atom. The molecule has 0 bridgehead atoms. The van der Waals surface area contributed by atoms with Gasteiger partial charge in [-0.3, -0.25) is 4.79 Å². The average molecular weight is 361 g/mol. The van der Waals surface area contributed by atoms with E-state index >= 15 is 0 Å². The van der Waals surface area contributed by atoms with Crippen molar-refractivity contribution in [2.45, 2.75) is 17.3 Å². The van der Waals surface area contributed by atoms with Crippen LogP contribution in [-0.4, -0.2) is 36.3 Å². The van der Waals surface area contributed by atoms with Gasteiger partial charge in [0, 0.05) is 6.20 Å². The number of nitrogens with one attached hydrogen (secondary N) is 1. The SMILES string of the molecule is C[C@H](Sc1nnnn1-c1ccccc1)C(=O)Nc1ccc(Cl)cn1. The van der Waals surface area contributed by atoms with Crippen LogP contribution in [0, 0.1) is 0 Å². The fraction of sp³-hybridized carbons (Fsp3) is 0.133. The van der Waals surface area contributed by atoms with Crippen molar-refractivity contribution < 1.29 is 4.79 Å². The van der Waals surface area contributed by atoms with Gasteiger partial charge in [0.25, 0.3) is 0 Å². The number of pyridine rings is 1. The molecule has 3 aromatic rings. The standard InChI is InChI=1S/C15H13ClN6OS/c1-10(14(23)18-13-8-7-11(16)9-17-13)24-15-19-20-21-22(15)12-5-3-2-4-6-12/h2-10H,1H3,(H,17,18,23)/t10-/m0/s1. The molecular weight excluding hydrogens is 348 g/mol. The van der Waals surface area contributed by atoms with Crippen LogP contribution < -0.4 is 5.32 Å². The van der Waals surface area contributed by atoms with Crippen LogP contribution in [-0.2, 0) is 4.79 Å². The molecule has 122 valence electrons. The molecule has 1 atom stereocenters. The Hall–Kier alpha value is -2.45. The molecule has 7 nitrogen and oxygen atoms in total. The van der Waals surface area contributed by atoms with Crippen molar-refractivity contribution in [3.8, 4) is 5.69 Å². The zero-order chi connectivity index (χ0) is 16.9. The fourth-order valence-corrected chi connectivity index (χ4v) is 2.79. The first-order chi connectivity index (χ1) is 11.6. The van der Waals surface area contributed by atoms with E-state index in [9.17, 15) is 4.79 Å². The molecule has 0 fully saturated rings. The first-order valence-corrected chi connectivity index (χ1v) is 8.32. The van der Waals surface area contributed by atoms with Gasteiger partial charge >= 0.3 is 0 Å². The van der Waals surface area contributed by atoms with E-state index in [2.05, 4.69) is 25.8 Å². The number of thioether (sulfide) groups is 1. The van der Waals surface area contributed by atoms with E-state index in [1.165, 1.54) is 18.0 Å². The molecule has 0 aliphatic rings. The van der Waals surface area contributed by atoms with Crippen molar-refractivity contribution in [1.82, 2.24) is 25.2 Å². The Kier molecular flexibility index (Phi) is 5.07. The maximum atomic E-state index is 12.3. The Labute approximate surface area is 147 Å². The highest BCUT2D eigenvalue weighted by Crippen LogP contribution is 2.23. The molecule has 1 amide bonds. The Balaban J connectivity index is 1.69. The lowest BCUT2D eigenvalue weighted by Gasteiger charge is -2.11. The lowest BCUT2D eigenvalue weighted by Crippen LogP contribution is -2.23. The summed E-state index contributed by atoms with van der Waals surface area (Å²) in [6.45, 7) is 1.78. The monoisotopic (exact) mass is 360 g/mol. The number of aromatic nitrogens is 5. The van der Waals surface area contributed by atoms with Crippen LogP contribution in [0.15, 0.2) is 53.8 Å². The summed E-state index contributed by atoms with van der Waals surface area (Å²) in [4.78, 5) is 16.3. The first kappa shape index (κ1) is 16.4. The number of halogens is 1. The normalized spacial score (nSPS) is 11.9. The number of carbonyl (C=O) groups excluding carboxylic acids is 1. The van der Waals surface area contributed by atoms with Gasteiger partial charge in [-0.2, -0.15) is 4.68 Å². The van der Waals surface area contributed by atoms with Crippen molar-refractivity contribution in [2.75, 3.05) is 5.32 Å². The van der Waals surface area contributed by atoms with Crippen LogP contribution in [0.1, 0.15) is 6.92 Å². The minimum Gasteiger partial charge on any atom is -0.310 e. The predicted molar refractivity (Wildman–Crippen MR) is 92.3 cm³/mol. The van der Waals surface area contributed by atoms with Gasteiger partial charge in [0.1, 0.15) is 5.82 Å². The lowest BCUT2D eigenvalue weighted by molar-refractivity contribution is -0.115. The summed E-state index contributed by atoms with van der Waals surface area (Å²) in [6, 6.07) is 12.8. The summed E-state index contributed by atoms with van der Waals surface area (Å²) < 4.78 is 1.59. The van der Waals surface area contributed by atoms with Gasteiger partial charge in [0.2, 0.25) is 11.1 Å². The lowest BCUT2D eigenvalue weighted by atomic mass is 10.3. The largest absolute Gasteiger partial charge is 0.310 e. The number of hydrogen-bond acceptors (Lipinski definition) is 6. The minimum atomic E-state index is -0.407. The van der Waals surface area contributed by atoms with Crippen molar-refractivity contribution in [3.05, 3.63) is 53.7 Å². The number of hydrogen-bond donors (Lipinski definition) is 1. The second-order valence-corrected chi connectivity index (χ2v) is 6.56. The van der Waals surface area contributed by atoms with Crippen LogP contribution in [0.3, 0.4) is 0 Å². The van der Waals surface area contributed by atoms with E-state index in [1.807, 2.05) is 30.3 Å². The molecule has 0 saturated carbocycles. The van der Waals surface area contributed by atoms with Gasteiger partial charge in [-0.05, 0) is 41.6 Å². The highest BCUT2D eigenvalue weighted by molar-refractivity contribution is 8.00. The third-order valence-electron chi connectivity index (χ3n) is 3.07. The number of para-hydroxylation sites is 1. The number of amides is 1. The third-order valence-corrected chi connectivity index (χ3v) is 4.33. The molecule has 0 saturated heterocycles. The smallest absolute Gasteiger partial charge is 0.238 e. The highest BCUT2D eigenvalue weighted by atomic mass is 35.5. The van der Waals surface area contributed by atoms with Gasteiger partial charge in [-0.25, -0.2) is 4.98 Å². The maximum Gasteiger partial charge on any atom is 0.238 e. The molecule has 2 aromatic heterocycles. The Bertz CT molecular complexity index is 823. The molecule has 0 radical (unpaired) electrons. The topological polar surface area (TPSA) is 85.6 Å². The number of anilines is 1. The van der Waals surface area contributed by atoms with Crippen molar-refractivity contribution in [3.63, 3.8) is 0 Å². The third kappa shape index (κ3) is 3.90. The molecule has 1 aromatic carbocycles. The minimum absolute atomic E-state index is 0.197. The van der Waals surface area contributed by atoms with Crippen LogP contribution in [0.25, 0.3) is 5.69 Å². The molecule has 24 heavy (non-hydrogen) atoms. The fourth-order valence-electron chi connectivity index (χ4n) is 1.87. The van der Waals surface area contributed by atoms with Gasteiger partial charge in [-0.15, -0.1) is 5.10 Å². The highest BCUT2D eigenvalue weighted by Gasteiger charge is 2.19. The van der Waals surface area contributed by atoms with E-state index in [4.69, 9.17) is 11.6 Å². The van der Waals surface area contributed by atoms with E-state index in [0.29, 0.717) is 16.0 Å². The molecule has 0 aliphatic carbocycles. The van der Waals surface area contributed by atoms with Crippen molar-refractivity contribution in [2.24, 2.45) is 0 Å². The van der Waals surface area contributed by atoms with E-state index in [1.54, 1.807) is 23.7 Å². The van der Waals surface area contributed by atoms with Gasteiger partial charge in [0.15, 0.2) is 0 Å². The number of carbonyl (C=O) groups is 1. The van der Waals surface area contributed by atoms with E-state index in [0.717, 1.165) is 5.69 Å². The summed E-state index contributed by atoms with van der Waals surface area (Å²) in [5.74, 6) is 0.247. The summed E-state index contributed by atoms with van der Waals surface area (Å²) in [5.41, 5.74) is 0.831. The van der Waals surface area contributed by atoms with Crippen LogP contribution in [0.4, 0.5) is 5.82 Å². The van der Waals surface area contributed by atoms with Crippen LogP contribution in [0.2, 0.25) is 5.02 Å². The summed E-state index contributed by atoms with van der Waals surface area (Å²) in [5, 5.41) is 15.0. The molecule has 0 spiro atoms. The van der Waals surface area contributed by atoms with Gasteiger partial charge in [0.05, 0.1) is 16.0 Å². The molecule has 0 unspecified atom stereocenters. The molecular formula is C15H13ClN6OS. The first-order valence-electron chi connectivity index (χ1n) is 7.06. The molecule has 1 N–H and O–H groups in total. The zero-order valence-corrected chi connectivity index (χ0v) is 14.2. The van der Waals surface area contributed by atoms with Crippen LogP contribution in [0.5, 0.6) is 0 Å². The van der Waals surface area contributed by atoms with Gasteiger partial charge < -0.3 is 5.32 Å². The van der Waals surface area contributed by atoms with Crippen LogP contribution >= 0.6 is 23.4 Å². The number of nitrogens with zero attached hydrogens (tertiary/aromatic N) is 5.